The Kier molecular flexibility index (Phi) is 4.60. The van der Waals surface area contributed by atoms with Gasteiger partial charge in [0.05, 0.1) is 0 Å². The summed E-state index contributed by atoms with van der Waals surface area (Å²) < 4.78 is 1.15. The van der Waals surface area contributed by atoms with Gasteiger partial charge in [0.15, 0.2) is 0 Å². The summed E-state index contributed by atoms with van der Waals surface area (Å²) in [5.74, 6) is 0.801. The van der Waals surface area contributed by atoms with Crippen molar-refractivity contribution in [2.24, 2.45) is 5.92 Å². The molecule has 1 fully saturated rings. The molecule has 0 spiro atoms. The topological polar surface area (TPSA) is 15.3 Å². The predicted octanol–water partition coefficient (Wildman–Crippen LogP) is 2.88. The number of benzene rings is 1. The largest absolute Gasteiger partial charge is 0.314 e. The Labute approximate surface area is 113 Å². The molecule has 1 N–H and O–H groups in total. The van der Waals surface area contributed by atoms with E-state index in [1.807, 2.05) is 0 Å². The van der Waals surface area contributed by atoms with Crippen LogP contribution in [0.1, 0.15) is 18.9 Å². The maximum atomic E-state index is 3.51. The highest BCUT2D eigenvalue weighted by molar-refractivity contribution is 9.10. The van der Waals surface area contributed by atoms with E-state index in [0.29, 0.717) is 6.04 Å². The lowest BCUT2D eigenvalue weighted by Gasteiger charge is -2.23. The first-order chi connectivity index (χ1) is 8.15. The molecular weight excluding hydrogens is 276 g/mol. The summed E-state index contributed by atoms with van der Waals surface area (Å²) in [6.45, 7) is 5.70. The van der Waals surface area contributed by atoms with Crippen LogP contribution in [0.15, 0.2) is 28.7 Å². The van der Waals surface area contributed by atoms with Crippen LogP contribution in [-0.2, 0) is 6.54 Å². The van der Waals surface area contributed by atoms with Crippen molar-refractivity contribution in [1.29, 1.82) is 0 Å². The molecule has 0 radical (unpaired) electrons. The van der Waals surface area contributed by atoms with Crippen LogP contribution < -0.4 is 5.32 Å². The molecule has 2 atom stereocenters. The van der Waals surface area contributed by atoms with Crippen molar-refractivity contribution < 1.29 is 0 Å². The summed E-state index contributed by atoms with van der Waals surface area (Å²) in [5.41, 5.74) is 1.38. The number of hydrogen-bond acceptors (Lipinski definition) is 2. The minimum Gasteiger partial charge on any atom is -0.314 e. The Balaban J connectivity index is 1.84. The molecule has 1 aromatic rings. The molecule has 1 aliphatic heterocycles. The minimum absolute atomic E-state index is 0.669. The smallest absolute Gasteiger partial charge is 0.0230 e. The van der Waals surface area contributed by atoms with E-state index < -0.39 is 0 Å². The lowest BCUT2D eigenvalue weighted by Crippen LogP contribution is -2.32. The van der Waals surface area contributed by atoms with E-state index in [1.54, 1.807) is 0 Å². The van der Waals surface area contributed by atoms with Crippen molar-refractivity contribution in [1.82, 2.24) is 10.2 Å². The van der Waals surface area contributed by atoms with E-state index in [-0.39, 0.29) is 0 Å². The van der Waals surface area contributed by atoms with Crippen LogP contribution in [0.3, 0.4) is 0 Å². The summed E-state index contributed by atoms with van der Waals surface area (Å²) in [4.78, 5) is 2.43. The zero-order valence-corrected chi connectivity index (χ0v) is 12.2. The van der Waals surface area contributed by atoms with Gasteiger partial charge in [-0.25, -0.2) is 0 Å². The van der Waals surface area contributed by atoms with Crippen LogP contribution in [0.2, 0.25) is 0 Å². The molecule has 2 rings (SSSR count). The highest BCUT2D eigenvalue weighted by atomic mass is 79.9. The highest BCUT2D eigenvalue weighted by Crippen LogP contribution is 2.17. The van der Waals surface area contributed by atoms with E-state index in [4.69, 9.17) is 0 Å². The van der Waals surface area contributed by atoms with Crippen LogP contribution in [0.25, 0.3) is 0 Å². The lowest BCUT2D eigenvalue weighted by atomic mass is 10.0. The van der Waals surface area contributed by atoms with Crippen LogP contribution in [0.5, 0.6) is 0 Å². The van der Waals surface area contributed by atoms with Gasteiger partial charge in [0.1, 0.15) is 0 Å². The molecular formula is C14H21BrN2. The standard InChI is InChI=1S/C14H21BrN2/c1-11-13(7-8-16-11)10-17(2)9-12-3-5-14(15)6-4-12/h3-6,11,13,16H,7-10H2,1-2H3. The molecule has 0 aliphatic carbocycles. The third-order valence-corrected chi connectivity index (χ3v) is 4.13. The second kappa shape index (κ2) is 5.98. The zero-order chi connectivity index (χ0) is 12.3. The van der Waals surface area contributed by atoms with Gasteiger partial charge >= 0.3 is 0 Å². The molecule has 0 bridgehead atoms. The molecule has 0 amide bonds. The van der Waals surface area contributed by atoms with Gasteiger partial charge in [0.25, 0.3) is 0 Å². The van der Waals surface area contributed by atoms with E-state index in [1.165, 1.54) is 25.1 Å². The summed E-state index contributed by atoms with van der Waals surface area (Å²) >= 11 is 3.47. The average Bonchev–Trinajstić information content (AvgIpc) is 2.68. The fourth-order valence-electron chi connectivity index (χ4n) is 2.53. The van der Waals surface area contributed by atoms with E-state index in [0.717, 1.165) is 16.9 Å². The molecule has 94 valence electrons. The fourth-order valence-corrected chi connectivity index (χ4v) is 2.79. The molecule has 2 unspecified atom stereocenters. The Bertz CT molecular complexity index is 350. The van der Waals surface area contributed by atoms with E-state index in [2.05, 4.69) is 64.4 Å². The number of halogens is 1. The van der Waals surface area contributed by atoms with Gasteiger partial charge in [0, 0.05) is 23.6 Å². The molecule has 3 heteroatoms. The second-order valence-corrected chi connectivity index (χ2v) is 6.03. The summed E-state index contributed by atoms with van der Waals surface area (Å²) in [7, 11) is 2.22. The van der Waals surface area contributed by atoms with Crippen molar-refractivity contribution in [2.75, 3.05) is 20.1 Å². The average molecular weight is 297 g/mol. The Morgan fingerprint density at radius 1 is 1.35 bits per heavy atom. The predicted molar refractivity (Wildman–Crippen MR) is 76.0 cm³/mol. The van der Waals surface area contributed by atoms with Gasteiger partial charge in [-0.3, -0.25) is 0 Å². The summed E-state index contributed by atoms with van der Waals surface area (Å²) in [6, 6.07) is 9.28. The van der Waals surface area contributed by atoms with Crippen molar-refractivity contribution in [2.45, 2.75) is 25.9 Å². The molecule has 1 heterocycles. The highest BCUT2D eigenvalue weighted by Gasteiger charge is 2.23. The number of rotatable bonds is 4. The third-order valence-electron chi connectivity index (χ3n) is 3.60. The van der Waals surface area contributed by atoms with Gasteiger partial charge in [-0.1, -0.05) is 28.1 Å². The first-order valence-electron chi connectivity index (χ1n) is 6.31. The third kappa shape index (κ3) is 3.80. The zero-order valence-electron chi connectivity index (χ0n) is 10.6. The van der Waals surface area contributed by atoms with Crippen molar-refractivity contribution in [3.8, 4) is 0 Å². The summed E-state index contributed by atoms with van der Waals surface area (Å²) in [5, 5.41) is 3.51. The van der Waals surface area contributed by atoms with E-state index in [9.17, 15) is 0 Å². The van der Waals surface area contributed by atoms with Crippen LogP contribution in [0.4, 0.5) is 0 Å². The van der Waals surface area contributed by atoms with Crippen molar-refractivity contribution in [3.63, 3.8) is 0 Å². The molecule has 1 saturated heterocycles. The first kappa shape index (κ1) is 13.1. The molecule has 1 aromatic carbocycles. The van der Waals surface area contributed by atoms with Gasteiger partial charge in [-0.15, -0.1) is 0 Å². The lowest BCUT2D eigenvalue weighted by molar-refractivity contribution is 0.259. The maximum absolute atomic E-state index is 3.51. The monoisotopic (exact) mass is 296 g/mol. The van der Waals surface area contributed by atoms with Gasteiger partial charge in [0.2, 0.25) is 0 Å². The SMILES string of the molecule is CC1NCCC1CN(C)Cc1ccc(Br)cc1. The molecule has 17 heavy (non-hydrogen) atoms. The molecule has 2 nitrogen and oxygen atoms in total. The second-order valence-electron chi connectivity index (χ2n) is 5.11. The van der Waals surface area contributed by atoms with Crippen LogP contribution in [0, 0.1) is 5.92 Å². The van der Waals surface area contributed by atoms with Gasteiger partial charge in [-0.05, 0) is 50.6 Å². The quantitative estimate of drug-likeness (QED) is 0.919. The number of nitrogens with one attached hydrogen (secondary N) is 1. The minimum atomic E-state index is 0.669. The number of hydrogen-bond donors (Lipinski definition) is 1. The molecule has 1 aliphatic rings. The van der Waals surface area contributed by atoms with Crippen LogP contribution >= 0.6 is 15.9 Å². The Morgan fingerprint density at radius 2 is 2.06 bits per heavy atom. The van der Waals surface area contributed by atoms with Crippen molar-refractivity contribution >= 4 is 15.9 Å². The van der Waals surface area contributed by atoms with Gasteiger partial charge in [-0.2, -0.15) is 0 Å². The summed E-state index contributed by atoms with van der Waals surface area (Å²) in [6.07, 6.45) is 1.31. The Hall–Kier alpha value is -0.380. The van der Waals surface area contributed by atoms with Crippen LogP contribution in [-0.4, -0.2) is 31.1 Å². The normalized spacial score (nSPS) is 24.5. The van der Waals surface area contributed by atoms with Crippen molar-refractivity contribution in [3.05, 3.63) is 34.3 Å². The van der Waals surface area contributed by atoms with Gasteiger partial charge < -0.3 is 10.2 Å². The van der Waals surface area contributed by atoms with E-state index >= 15 is 0 Å². The molecule has 0 aromatic heterocycles. The number of nitrogens with zero attached hydrogens (tertiary/aromatic N) is 1. The fraction of sp³-hybridized carbons (Fsp3) is 0.571. The Morgan fingerprint density at radius 3 is 2.65 bits per heavy atom. The molecule has 0 saturated carbocycles. The first-order valence-corrected chi connectivity index (χ1v) is 7.11. The maximum Gasteiger partial charge on any atom is 0.0230 e.